The van der Waals surface area contributed by atoms with Crippen LogP contribution in [0.3, 0.4) is 0 Å². The van der Waals surface area contributed by atoms with Gasteiger partial charge in [-0.05, 0) is 12.3 Å². The molecule has 0 fully saturated rings. The van der Waals surface area contributed by atoms with Crippen molar-refractivity contribution in [2.45, 2.75) is 25.3 Å². The molecule has 1 atom stereocenters. The lowest BCUT2D eigenvalue weighted by molar-refractivity contribution is 0.391. The van der Waals surface area contributed by atoms with Gasteiger partial charge in [-0.15, -0.1) is 0 Å². The van der Waals surface area contributed by atoms with Crippen LogP contribution in [0.25, 0.3) is 0 Å². The van der Waals surface area contributed by atoms with Gasteiger partial charge in [-0.25, -0.2) is 4.39 Å². The van der Waals surface area contributed by atoms with E-state index >= 15 is 0 Å². The molecule has 0 N–H and O–H groups in total. The van der Waals surface area contributed by atoms with Crippen molar-refractivity contribution in [1.82, 2.24) is 0 Å². The van der Waals surface area contributed by atoms with Crippen molar-refractivity contribution in [1.29, 1.82) is 0 Å². The fourth-order valence-electron chi connectivity index (χ4n) is 0.356. The van der Waals surface area contributed by atoms with Crippen molar-refractivity contribution in [3.63, 3.8) is 0 Å². The van der Waals surface area contributed by atoms with Crippen LogP contribution < -0.4 is 0 Å². The third-order valence-corrected chi connectivity index (χ3v) is 1.02. The number of hydrogen-bond donors (Lipinski definition) is 0. The van der Waals surface area contributed by atoms with Crippen molar-refractivity contribution in [2.75, 3.05) is 0 Å². The van der Waals surface area contributed by atoms with Crippen molar-refractivity contribution >= 4 is 15.9 Å². The van der Waals surface area contributed by atoms with Crippen LogP contribution in [-0.4, -0.2) is 5.08 Å². The molecule has 0 saturated carbocycles. The normalized spacial score (nSPS) is 15.0. The first kappa shape index (κ1) is 7.41. The van der Waals surface area contributed by atoms with E-state index < -0.39 is 5.08 Å². The van der Waals surface area contributed by atoms with Gasteiger partial charge in [0, 0.05) is 0 Å². The highest BCUT2D eigenvalue weighted by Crippen LogP contribution is 2.12. The molecule has 0 aromatic heterocycles. The van der Waals surface area contributed by atoms with Crippen molar-refractivity contribution in [3.8, 4) is 0 Å². The van der Waals surface area contributed by atoms with Crippen LogP contribution in [0.2, 0.25) is 0 Å². The molecule has 0 spiro atoms. The molecule has 0 aliphatic heterocycles. The fourth-order valence-corrected chi connectivity index (χ4v) is 1.10. The maximum atomic E-state index is 11.9. The standard InChI is InChI=1S/C5H10BrF/c1-4(2)3-5(6)7/h4-5H,3H2,1-2H3. The van der Waals surface area contributed by atoms with Gasteiger partial charge in [0.25, 0.3) is 0 Å². The second-order valence-electron chi connectivity index (χ2n) is 2.02. The maximum absolute atomic E-state index is 11.9. The summed E-state index contributed by atoms with van der Waals surface area (Å²) in [5.41, 5.74) is 0. The first-order chi connectivity index (χ1) is 3.13. The van der Waals surface area contributed by atoms with E-state index in [4.69, 9.17) is 0 Å². The molecule has 7 heavy (non-hydrogen) atoms. The van der Waals surface area contributed by atoms with Crippen LogP contribution in [0, 0.1) is 5.92 Å². The average molecular weight is 169 g/mol. The number of alkyl halides is 2. The predicted octanol–water partition coefficient (Wildman–Crippen LogP) is 2.72. The monoisotopic (exact) mass is 168 g/mol. The molecule has 0 rings (SSSR count). The lowest BCUT2D eigenvalue weighted by Gasteiger charge is -2.00. The second-order valence-corrected chi connectivity index (χ2v) is 3.01. The van der Waals surface area contributed by atoms with Crippen LogP contribution in [-0.2, 0) is 0 Å². The Bertz CT molecular complexity index is 37.3. The zero-order valence-electron chi connectivity index (χ0n) is 4.62. The topological polar surface area (TPSA) is 0 Å². The summed E-state index contributed by atoms with van der Waals surface area (Å²) < 4.78 is 11.9. The fraction of sp³-hybridized carbons (Fsp3) is 1.00. The molecule has 1 unspecified atom stereocenters. The van der Waals surface area contributed by atoms with Crippen molar-refractivity contribution in [3.05, 3.63) is 0 Å². The molecule has 0 bridgehead atoms. The van der Waals surface area contributed by atoms with Gasteiger partial charge >= 0.3 is 0 Å². The summed E-state index contributed by atoms with van der Waals surface area (Å²) in [7, 11) is 0. The molecule has 0 radical (unpaired) electrons. The van der Waals surface area contributed by atoms with Gasteiger partial charge in [-0.2, -0.15) is 0 Å². The molecule has 0 nitrogen and oxygen atoms in total. The summed E-state index contributed by atoms with van der Waals surface area (Å²) in [5.74, 6) is 0.453. The zero-order chi connectivity index (χ0) is 5.86. The summed E-state index contributed by atoms with van der Waals surface area (Å²) in [5, 5.41) is -0.813. The van der Waals surface area contributed by atoms with Gasteiger partial charge in [-0.1, -0.05) is 29.8 Å². The van der Waals surface area contributed by atoms with Crippen LogP contribution >= 0.6 is 15.9 Å². The molecule has 0 amide bonds. The Morgan fingerprint density at radius 3 is 2.00 bits per heavy atom. The molecule has 0 aromatic rings. The van der Waals surface area contributed by atoms with E-state index in [1.165, 1.54) is 0 Å². The van der Waals surface area contributed by atoms with Gasteiger partial charge < -0.3 is 0 Å². The Kier molecular flexibility index (Phi) is 3.62. The third-order valence-electron chi connectivity index (χ3n) is 0.650. The average Bonchev–Trinajstić information content (AvgIpc) is 1.27. The Hall–Kier alpha value is 0.410. The van der Waals surface area contributed by atoms with E-state index in [1.807, 2.05) is 13.8 Å². The van der Waals surface area contributed by atoms with Gasteiger partial charge in [0.05, 0.1) is 0 Å². The van der Waals surface area contributed by atoms with E-state index in [0.29, 0.717) is 12.3 Å². The minimum absolute atomic E-state index is 0.453. The summed E-state index contributed by atoms with van der Waals surface area (Å²) >= 11 is 2.81. The maximum Gasteiger partial charge on any atom is 0.155 e. The van der Waals surface area contributed by atoms with Crippen LogP contribution in [0.5, 0.6) is 0 Å². The Balaban J connectivity index is 2.95. The molecular formula is C5H10BrF. The van der Waals surface area contributed by atoms with E-state index in [1.54, 1.807) is 0 Å². The van der Waals surface area contributed by atoms with E-state index in [9.17, 15) is 4.39 Å². The van der Waals surface area contributed by atoms with E-state index in [2.05, 4.69) is 15.9 Å². The predicted molar refractivity (Wildman–Crippen MR) is 33.3 cm³/mol. The quantitative estimate of drug-likeness (QED) is 0.557. The summed E-state index contributed by atoms with van der Waals surface area (Å²) in [6, 6.07) is 0. The Morgan fingerprint density at radius 1 is 1.57 bits per heavy atom. The van der Waals surface area contributed by atoms with Gasteiger partial charge in [-0.3, -0.25) is 0 Å². The Morgan fingerprint density at radius 2 is 2.00 bits per heavy atom. The molecule has 0 aliphatic rings. The lowest BCUT2D eigenvalue weighted by atomic mass is 10.2. The first-order valence-corrected chi connectivity index (χ1v) is 3.32. The van der Waals surface area contributed by atoms with Crippen LogP contribution in [0.1, 0.15) is 20.3 Å². The summed E-state index contributed by atoms with van der Waals surface area (Å²) in [6.45, 7) is 3.99. The SMILES string of the molecule is CC(C)CC(F)Br. The van der Waals surface area contributed by atoms with Gasteiger partial charge in [0.15, 0.2) is 5.08 Å². The molecule has 0 aliphatic carbocycles. The summed E-state index contributed by atoms with van der Waals surface area (Å²) in [6.07, 6.45) is 0.611. The third kappa shape index (κ3) is 6.41. The smallest absolute Gasteiger partial charge is 0.155 e. The number of rotatable bonds is 2. The van der Waals surface area contributed by atoms with Crippen molar-refractivity contribution < 1.29 is 4.39 Å². The Labute approximate surface area is 52.2 Å². The molecule has 0 saturated heterocycles. The van der Waals surface area contributed by atoms with Crippen molar-refractivity contribution in [2.24, 2.45) is 5.92 Å². The minimum atomic E-state index is -0.813. The molecule has 0 aromatic carbocycles. The van der Waals surface area contributed by atoms with Crippen LogP contribution in [0.15, 0.2) is 0 Å². The largest absolute Gasteiger partial charge is 0.235 e. The first-order valence-electron chi connectivity index (χ1n) is 2.41. The van der Waals surface area contributed by atoms with Crippen LogP contribution in [0.4, 0.5) is 4.39 Å². The highest BCUT2D eigenvalue weighted by Gasteiger charge is 2.01. The zero-order valence-corrected chi connectivity index (χ0v) is 6.20. The van der Waals surface area contributed by atoms with Gasteiger partial charge in [0.2, 0.25) is 0 Å². The molecule has 44 valence electrons. The molecular weight excluding hydrogens is 159 g/mol. The number of halogens is 2. The van der Waals surface area contributed by atoms with E-state index in [0.717, 1.165) is 0 Å². The molecule has 2 heteroatoms. The van der Waals surface area contributed by atoms with Gasteiger partial charge in [0.1, 0.15) is 0 Å². The molecule has 0 heterocycles. The number of hydrogen-bond acceptors (Lipinski definition) is 0. The lowest BCUT2D eigenvalue weighted by Crippen LogP contribution is -1.94. The summed E-state index contributed by atoms with van der Waals surface area (Å²) in [4.78, 5) is 0. The highest BCUT2D eigenvalue weighted by atomic mass is 79.9. The second kappa shape index (κ2) is 3.42. The highest BCUT2D eigenvalue weighted by molar-refractivity contribution is 9.09. The minimum Gasteiger partial charge on any atom is -0.235 e. The van der Waals surface area contributed by atoms with E-state index in [-0.39, 0.29) is 0 Å².